The monoisotopic (exact) mass is 306 g/mol. The molecule has 1 aliphatic rings. The fourth-order valence-corrected chi connectivity index (χ4v) is 2.40. The molecule has 0 aromatic heterocycles. The van der Waals surface area contributed by atoms with Gasteiger partial charge in [-0.15, -0.1) is 11.6 Å². The number of hydrogen-bond donors (Lipinski definition) is 0. The fourth-order valence-electron chi connectivity index (χ4n) is 1.74. The van der Waals surface area contributed by atoms with Gasteiger partial charge in [-0.05, 0) is 18.2 Å². The molecular formula is C11H12BrClO3. The minimum absolute atomic E-state index is 0.236. The highest BCUT2D eigenvalue weighted by molar-refractivity contribution is 9.10. The third kappa shape index (κ3) is 2.07. The van der Waals surface area contributed by atoms with Gasteiger partial charge in [-0.1, -0.05) is 15.9 Å². The number of halogens is 2. The van der Waals surface area contributed by atoms with Gasteiger partial charge in [-0.2, -0.15) is 0 Å². The van der Waals surface area contributed by atoms with E-state index in [1.54, 1.807) is 7.11 Å². The zero-order valence-corrected chi connectivity index (χ0v) is 11.2. The van der Waals surface area contributed by atoms with Crippen molar-refractivity contribution >= 4 is 27.5 Å². The molecule has 3 nitrogen and oxygen atoms in total. The lowest BCUT2D eigenvalue weighted by atomic mass is 10.1. The number of methoxy groups -OCH3 is 1. The molecule has 0 atom stereocenters. The first-order valence-corrected chi connectivity index (χ1v) is 6.22. The van der Waals surface area contributed by atoms with Gasteiger partial charge in [-0.3, -0.25) is 0 Å². The van der Waals surface area contributed by atoms with E-state index in [2.05, 4.69) is 15.9 Å². The van der Waals surface area contributed by atoms with Crippen LogP contribution in [0.3, 0.4) is 0 Å². The van der Waals surface area contributed by atoms with Crippen LogP contribution in [0.5, 0.6) is 5.75 Å². The van der Waals surface area contributed by atoms with E-state index in [0.29, 0.717) is 19.0 Å². The van der Waals surface area contributed by atoms with E-state index < -0.39 is 5.79 Å². The van der Waals surface area contributed by atoms with Crippen molar-refractivity contribution in [3.63, 3.8) is 0 Å². The Balaban J connectivity index is 2.47. The van der Waals surface area contributed by atoms with Crippen LogP contribution in [0.25, 0.3) is 0 Å². The zero-order chi connectivity index (χ0) is 11.6. The highest BCUT2D eigenvalue weighted by atomic mass is 79.9. The van der Waals surface area contributed by atoms with Crippen molar-refractivity contribution in [2.75, 3.05) is 26.2 Å². The molecule has 16 heavy (non-hydrogen) atoms. The van der Waals surface area contributed by atoms with Crippen molar-refractivity contribution < 1.29 is 14.2 Å². The summed E-state index contributed by atoms with van der Waals surface area (Å²) >= 11 is 9.38. The predicted molar refractivity (Wildman–Crippen MR) is 65.0 cm³/mol. The van der Waals surface area contributed by atoms with Gasteiger partial charge in [0.2, 0.25) is 5.79 Å². The molecule has 0 amide bonds. The molecule has 1 heterocycles. The van der Waals surface area contributed by atoms with Gasteiger partial charge in [0.05, 0.1) is 31.8 Å². The first-order valence-electron chi connectivity index (χ1n) is 4.90. The molecule has 1 aliphatic heterocycles. The Morgan fingerprint density at radius 3 is 2.69 bits per heavy atom. The van der Waals surface area contributed by atoms with Gasteiger partial charge in [0.1, 0.15) is 5.75 Å². The number of alkyl halides is 1. The zero-order valence-electron chi connectivity index (χ0n) is 8.83. The van der Waals surface area contributed by atoms with Crippen LogP contribution in [0, 0.1) is 0 Å². The Kier molecular flexibility index (Phi) is 3.74. The quantitative estimate of drug-likeness (QED) is 0.804. The largest absolute Gasteiger partial charge is 0.496 e. The van der Waals surface area contributed by atoms with E-state index in [1.807, 2.05) is 18.2 Å². The highest BCUT2D eigenvalue weighted by Gasteiger charge is 2.40. The normalized spacial score (nSPS) is 18.7. The molecule has 5 heteroatoms. The molecule has 0 bridgehead atoms. The fraction of sp³-hybridized carbons (Fsp3) is 0.455. The Hall–Kier alpha value is -0.290. The molecule has 0 aliphatic carbocycles. The summed E-state index contributed by atoms with van der Waals surface area (Å²) in [6, 6.07) is 5.67. The molecule has 1 aromatic carbocycles. The van der Waals surface area contributed by atoms with Crippen LogP contribution in [0.1, 0.15) is 5.56 Å². The second-order valence-electron chi connectivity index (χ2n) is 3.43. The molecule has 1 fully saturated rings. The Morgan fingerprint density at radius 2 is 2.12 bits per heavy atom. The lowest BCUT2D eigenvalue weighted by Crippen LogP contribution is -2.29. The molecule has 0 unspecified atom stereocenters. The molecule has 1 saturated heterocycles. The van der Waals surface area contributed by atoms with Crippen molar-refractivity contribution in [2.45, 2.75) is 5.79 Å². The van der Waals surface area contributed by atoms with Gasteiger partial charge in [-0.25, -0.2) is 0 Å². The van der Waals surface area contributed by atoms with Crippen molar-refractivity contribution in [1.29, 1.82) is 0 Å². The second-order valence-corrected chi connectivity index (χ2v) is 4.61. The molecule has 1 aromatic rings. The second kappa shape index (κ2) is 4.92. The van der Waals surface area contributed by atoms with E-state index in [1.165, 1.54) is 0 Å². The van der Waals surface area contributed by atoms with Crippen molar-refractivity contribution in [2.24, 2.45) is 0 Å². The number of ether oxygens (including phenoxy) is 3. The maximum absolute atomic E-state index is 5.96. The first kappa shape index (κ1) is 12.2. The van der Waals surface area contributed by atoms with Gasteiger partial charge in [0.25, 0.3) is 0 Å². The SMILES string of the molecule is COc1ccc(Br)cc1C1(CCl)OCCO1. The van der Waals surface area contributed by atoms with Crippen LogP contribution in [-0.2, 0) is 15.3 Å². The molecule has 88 valence electrons. The van der Waals surface area contributed by atoms with Crippen molar-refractivity contribution in [1.82, 2.24) is 0 Å². The predicted octanol–water partition coefficient (Wildman–Crippen LogP) is 2.90. The maximum Gasteiger partial charge on any atom is 0.212 e. The van der Waals surface area contributed by atoms with E-state index >= 15 is 0 Å². The van der Waals surface area contributed by atoms with Gasteiger partial charge in [0, 0.05) is 4.47 Å². The number of benzene rings is 1. The topological polar surface area (TPSA) is 27.7 Å². The molecule has 0 radical (unpaired) electrons. The third-order valence-corrected chi connectivity index (χ3v) is 3.35. The summed E-state index contributed by atoms with van der Waals surface area (Å²) in [5.74, 6) is 0.0713. The van der Waals surface area contributed by atoms with Gasteiger partial charge < -0.3 is 14.2 Å². The summed E-state index contributed by atoms with van der Waals surface area (Å²) in [4.78, 5) is 0. The van der Waals surface area contributed by atoms with Crippen molar-refractivity contribution in [3.05, 3.63) is 28.2 Å². The minimum atomic E-state index is -0.878. The van der Waals surface area contributed by atoms with Crippen LogP contribution in [0.15, 0.2) is 22.7 Å². The standard InChI is InChI=1S/C11H12BrClO3/c1-14-10-3-2-8(12)6-9(10)11(7-13)15-4-5-16-11/h2-3,6H,4-5,7H2,1H3. The van der Waals surface area contributed by atoms with Crippen LogP contribution in [0.4, 0.5) is 0 Å². The molecule has 0 spiro atoms. The van der Waals surface area contributed by atoms with E-state index in [9.17, 15) is 0 Å². The Labute approximate surface area is 108 Å². The Morgan fingerprint density at radius 1 is 1.44 bits per heavy atom. The third-order valence-electron chi connectivity index (χ3n) is 2.50. The summed E-state index contributed by atoms with van der Waals surface area (Å²) in [6.45, 7) is 1.09. The number of rotatable bonds is 3. The van der Waals surface area contributed by atoms with Crippen LogP contribution < -0.4 is 4.74 Å². The van der Waals surface area contributed by atoms with Crippen LogP contribution in [-0.4, -0.2) is 26.2 Å². The van der Waals surface area contributed by atoms with Gasteiger partial charge >= 0.3 is 0 Å². The summed E-state index contributed by atoms with van der Waals surface area (Å²) in [7, 11) is 1.61. The lowest BCUT2D eigenvalue weighted by Gasteiger charge is -2.27. The van der Waals surface area contributed by atoms with E-state index in [4.69, 9.17) is 25.8 Å². The molecule has 0 saturated carbocycles. The smallest absolute Gasteiger partial charge is 0.212 e. The van der Waals surface area contributed by atoms with Crippen LogP contribution in [0.2, 0.25) is 0 Å². The first-order chi connectivity index (χ1) is 7.72. The highest BCUT2D eigenvalue weighted by Crippen LogP contribution is 2.39. The Bertz CT molecular complexity index is 377. The summed E-state index contributed by atoms with van der Waals surface area (Å²) in [5.41, 5.74) is 0.817. The maximum atomic E-state index is 5.96. The summed E-state index contributed by atoms with van der Waals surface area (Å²) in [6.07, 6.45) is 0. The summed E-state index contributed by atoms with van der Waals surface area (Å²) in [5, 5.41) is 0. The van der Waals surface area contributed by atoms with Crippen LogP contribution >= 0.6 is 27.5 Å². The van der Waals surface area contributed by atoms with Gasteiger partial charge in [0.15, 0.2) is 0 Å². The molecule has 0 N–H and O–H groups in total. The van der Waals surface area contributed by atoms with Crippen molar-refractivity contribution in [3.8, 4) is 5.75 Å². The molecule has 2 rings (SSSR count). The minimum Gasteiger partial charge on any atom is -0.496 e. The average Bonchev–Trinajstić information content (AvgIpc) is 2.78. The van der Waals surface area contributed by atoms with E-state index in [-0.39, 0.29) is 5.88 Å². The van der Waals surface area contributed by atoms with E-state index in [0.717, 1.165) is 10.0 Å². The number of hydrogen-bond acceptors (Lipinski definition) is 3. The lowest BCUT2D eigenvalue weighted by molar-refractivity contribution is -0.147. The molecular weight excluding hydrogens is 295 g/mol. The average molecular weight is 308 g/mol. The summed E-state index contributed by atoms with van der Waals surface area (Å²) < 4.78 is 17.5.